The molecule has 0 saturated heterocycles. The van der Waals surface area contributed by atoms with Crippen molar-refractivity contribution in [1.82, 2.24) is 9.55 Å². The predicted molar refractivity (Wildman–Crippen MR) is 175 cm³/mol. The number of carboxylic acids is 1. The van der Waals surface area contributed by atoms with Crippen LogP contribution in [0.3, 0.4) is 0 Å². The molecule has 2 heterocycles. The lowest BCUT2D eigenvalue weighted by molar-refractivity contribution is -0.0328. The van der Waals surface area contributed by atoms with Crippen LogP contribution in [0, 0.1) is 6.92 Å². The molecule has 5 rings (SSSR count). The van der Waals surface area contributed by atoms with Crippen LogP contribution in [0.4, 0.5) is 13.2 Å². The minimum absolute atomic E-state index is 0.125. The predicted octanol–water partition coefficient (Wildman–Crippen LogP) is 11.2. The van der Waals surface area contributed by atoms with Gasteiger partial charge in [0.1, 0.15) is 0 Å². The van der Waals surface area contributed by atoms with Crippen molar-refractivity contribution in [3.63, 3.8) is 0 Å². The van der Waals surface area contributed by atoms with E-state index in [4.69, 9.17) is 4.98 Å². The fourth-order valence-electron chi connectivity index (χ4n) is 6.42. The molecule has 0 radical (unpaired) electrons. The van der Waals surface area contributed by atoms with E-state index in [9.17, 15) is 23.1 Å². The maximum Gasteiger partial charge on any atom is 0.446 e. The summed E-state index contributed by atoms with van der Waals surface area (Å²) in [5.74, 6) is -0.613. The van der Waals surface area contributed by atoms with Crippen molar-refractivity contribution in [2.75, 3.05) is 0 Å². The van der Waals surface area contributed by atoms with Gasteiger partial charge in [0.2, 0.25) is 0 Å². The highest BCUT2D eigenvalue weighted by atomic mass is 32.2. The molecule has 0 aliphatic carbocycles. The second-order valence-electron chi connectivity index (χ2n) is 11.3. The number of carboxylic acid groups (broad SMARTS) is 1. The van der Waals surface area contributed by atoms with E-state index in [0.29, 0.717) is 17.2 Å². The second-order valence-corrected chi connectivity index (χ2v) is 12.4. The molecule has 0 unspecified atom stereocenters. The van der Waals surface area contributed by atoms with Crippen LogP contribution in [0.5, 0.6) is 0 Å². The van der Waals surface area contributed by atoms with E-state index in [2.05, 4.69) is 38.3 Å². The normalized spacial score (nSPS) is 12.1. The van der Waals surface area contributed by atoms with Gasteiger partial charge in [0, 0.05) is 38.9 Å². The highest BCUT2D eigenvalue weighted by Gasteiger charge is 2.29. The first-order valence-electron chi connectivity index (χ1n) is 15.2. The third-order valence-electron chi connectivity index (χ3n) is 8.24. The Hall–Kier alpha value is -3.78. The molecule has 0 saturated carbocycles. The number of halogens is 3. The van der Waals surface area contributed by atoms with Crippen LogP contribution in [0.2, 0.25) is 0 Å². The number of aryl methyl sites for hydroxylation is 2. The highest BCUT2D eigenvalue weighted by molar-refractivity contribution is 8.00. The van der Waals surface area contributed by atoms with Gasteiger partial charge in [-0.25, -0.2) is 9.78 Å². The largest absolute Gasteiger partial charge is 0.478 e. The number of hydrogen-bond donors (Lipinski definition) is 1. The van der Waals surface area contributed by atoms with E-state index in [0.717, 1.165) is 77.3 Å². The standard InChI is InChI=1S/C36H37F3N2O2S/c1-5-9-23(10-6-2)33-29-14-13-25(35(42)43)21-32(29)41(19-7-3)34(33)28-16-18-31-27(22(28)4)15-17-30(40-31)24-11-8-12-26(20-24)44-36(37,38)39/h8,11-18,20-21,23H,5-7,9-10,19H2,1-4H3,(H,42,43). The molecule has 8 heteroatoms. The molecule has 0 spiro atoms. The number of rotatable bonds is 11. The number of aromatic carboxylic acids is 1. The first-order valence-corrected chi connectivity index (χ1v) is 16.0. The Bertz CT molecular complexity index is 1820. The van der Waals surface area contributed by atoms with E-state index in [1.165, 1.54) is 17.7 Å². The van der Waals surface area contributed by atoms with Crippen molar-refractivity contribution in [3.8, 4) is 22.5 Å². The van der Waals surface area contributed by atoms with Crippen molar-refractivity contribution in [3.05, 3.63) is 83.4 Å². The minimum atomic E-state index is -4.36. The Kier molecular flexibility index (Phi) is 9.39. The quantitative estimate of drug-likeness (QED) is 0.150. The van der Waals surface area contributed by atoms with E-state index in [1.54, 1.807) is 18.2 Å². The summed E-state index contributed by atoms with van der Waals surface area (Å²) in [6.45, 7) is 9.39. The molecule has 230 valence electrons. The zero-order chi connectivity index (χ0) is 31.6. The number of fused-ring (bicyclic) bond motifs is 2. The average Bonchev–Trinajstić information content (AvgIpc) is 3.29. The molecular formula is C36H37F3N2O2S. The van der Waals surface area contributed by atoms with Crippen molar-refractivity contribution < 1.29 is 23.1 Å². The summed E-state index contributed by atoms with van der Waals surface area (Å²) in [5, 5.41) is 11.9. The molecule has 44 heavy (non-hydrogen) atoms. The lowest BCUT2D eigenvalue weighted by Gasteiger charge is -2.21. The summed E-state index contributed by atoms with van der Waals surface area (Å²) in [4.78, 5) is 16.9. The van der Waals surface area contributed by atoms with Crippen LogP contribution in [0.15, 0.2) is 71.6 Å². The van der Waals surface area contributed by atoms with Crippen molar-refractivity contribution >= 4 is 39.5 Å². The number of aromatic nitrogens is 2. The molecule has 5 aromatic rings. The molecule has 0 amide bonds. The first kappa shape index (κ1) is 31.6. The Morgan fingerprint density at radius 1 is 0.932 bits per heavy atom. The third kappa shape index (κ3) is 6.36. The minimum Gasteiger partial charge on any atom is -0.478 e. The maximum absolute atomic E-state index is 13.0. The Morgan fingerprint density at radius 2 is 1.66 bits per heavy atom. The average molecular weight is 619 g/mol. The number of benzene rings is 3. The van der Waals surface area contributed by atoms with Crippen LogP contribution in [-0.4, -0.2) is 26.1 Å². The highest BCUT2D eigenvalue weighted by Crippen LogP contribution is 2.44. The summed E-state index contributed by atoms with van der Waals surface area (Å²) in [6.07, 6.45) is 5.06. The molecule has 0 fully saturated rings. The zero-order valence-electron chi connectivity index (χ0n) is 25.5. The second kappa shape index (κ2) is 13.1. The van der Waals surface area contributed by atoms with E-state index in [-0.39, 0.29) is 22.2 Å². The molecule has 0 aliphatic rings. The van der Waals surface area contributed by atoms with Gasteiger partial charge in [0.25, 0.3) is 0 Å². The fraction of sp³-hybridized carbons (Fsp3) is 0.333. The molecule has 0 bridgehead atoms. The Balaban J connectivity index is 1.71. The number of alkyl halides is 3. The number of carbonyl (C=O) groups is 1. The van der Waals surface area contributed by atoms with Crippen LogP contribution >= 0.6 is 11.8 Å². The lowest BCUT2D eigenvalue weighted by atomic mass is 9.85. The summed E-state index contributed by atoms with van der Waals surface area (Å²) in [7, 11) is 0. The van der Waals surface area contributed by atoms with E-state index < -0.39 is 11.5 Å². The van der Waals surface area contributed by atoms with Crippen molar-refractivity contribution in [2.24, 2.45) is 0 Å². The first-order chi connectivity index (χ1) is 21.1. The summed E-state index contributed by atoms with van der Waals surface area (Å²) in [5.41, 5.74) is 3.44. The van der Waals surface area contributed by atoms with Gasteiger partial charge in [-0.2, -0.15) is 13.2 Å². The number of thioether (sulfide) groups is 1. The third-order valence-corrected chi connectivity index (χ3v) is 8.96. The zero-order valence-corrected chi connectivity index (χ0v) is 26.3. The SMILES string of the molecule is CCCC(CCC)c1c(-c2ccc3nc(-c4cccc(SC(F)(F)F)c4)ccc3c2C)n(CCC)c2cc(C(=O)O)ccc12. The van der Waals surface area contributed by atoms with Gasteiger partial charge in [-0.3, -0.25) is 0 Å². The smallest absolute Gasteiger partial charge is 0.446 e. The van der Waals surface area contributed by atoms with Gasteiger partial charge in [0.05, 0.1) is 22.5 Å². The monoisotopic (exact) mass is 618 g/mol. The molecule has 1 N–H and O–H groups in total. The summed E-state index contributed by atoms with van der Waals surface area (Å²) >= 11 is -0.128. The van der Waals surface area contributed by atoms with E-state index in [1.807, 2.05) is 30.3 Å². The Labute approximate surface area is 260 Å². The summed E-state index contributed by atoms with van der Waals surface area (Å²) in [6, 6.07) is 19.8. The number of hydrogen-bond acceptors (Lipinski definition) is 3. The van der Waals surface area contributed by atoms with Gasteiger partial charge in [-0.15, -0.1) is 0 Å². The van der Waals surface area contributed by atoms with Crippen LogP contribution in [0.25, 0.3) is 44.3 Å². The number of pyridine rings is 1. The van der Waals surface area contributed by atoms with Gasteiger partial charge >= 0.3 is 11.5 Å². The molecular weight excluding hydrogens is 581 g/mol. The van der Waals surface area contributed by atoms with Crippen LogP contribution in [-0.2, 0) is 6.54 Å². The van der Waals surface area contributed by atoms with Crippen LogP contribution < -0.4 is 0 Å². The van der Waals surface area contributed by atoms with Gasteiger partial charge in [0.15, 0.2) is 0 Å². The fourth-order valence-corrected chi connectivity index (χ4v) is 7.02. The Morgan fingerprint density at radius 3 is 2.32 bits per heavy atom. The topological polar surface area (TPSA) is 55.1 Å². The number of nitrogens with zero attached hydrogens (tertiary/aromatic N) is 2. The van der Waals surface area contributed by atoms with Gasteiger partial charge in [-0.1, -0.05) is 63.9 Å². The molecule has 3 aromatic carbocycles. The molecule has 0 aliphatic heterocycles. The van der Waals surface area contributed by atoms with Gasteiger partial charge in [-0.05, 0) is 91.4 Å². The molecule has 0 atom stereocenters. The lowest BCUT2D eigenvalue weighted by Crippen LogP contribution is -2.05. The summed E-state index contributed by atoms with van der Waals surface area (Å²) < 4.78 is 41.3. The molecule has 2 aromatic heterocycles. The van der Waals surface area contributed by atoms with E-state index >= 15 is 0 Å². The maximum atomic E-state index is 13.0. The van der Waals surface area contributed by atoms with Crippen LogP contribution in [0.1, 0.15) is 80.3 Å². The van der Waals surface area contributed by atoms with Gasteiger partial charge < -0.3 is 9.67 Å². The molecule has 4 nitrogen and oxygen atoms in total. The van der Waals surface area contributed by atoms with Crippen molar-refractivity contribution in [2.45, 2.75) is 82.7 Å². The van der Waals surface area contributed by atoms with Crippen molar-refractivity contribution in [1.29, 1.82) is 0 Å².